The average molecular weight is 191 g/mol. The summed E-state index contributed by atoms with van der Waals surface area (Å²) >= 11 is 0. The van der Waals surface area contributed by atoms with E-state index in [1.165, 1.54) is 13.0 Å². The lowest BCUT2D eigenvalue weighted by molar-refractivity contribution is -0.117. The van der Waals surface area contributed by atoms with Gasteiger partial charge in [-0.25, -0.2) is 4.39 Å². The van der Waals surface area contributed by atoms with Gasteiger partial charge in [0, 0.05) is 11.6 Å². The minimum atomic E-state index is -0.246. The summed E-state index contributed by atoms with van der Waals surface area (Å²) in [5.74, 6) is -0.184. The summed E-state index contributed by atoms with van der Waals surface area (Å²) in [6, 6.07) is 6.56. The highest BCUT2D eigenvalue weighted by atomic mass is 19.1. The first-order chi connectivity index (χ1) is 6.68. The van der Waals surface area contributed by atoms with Crippen LogP contribution in [0.1, 0.15) is 6.92 Å². The maximum Gasteiger partial charge on any atom is 0.149 e. The van der Waals surface area contributed by atoms with Gasteiger partial charge >= 0.3 is 0 Å². The molecule has 0 saturated heterocycles. The van der Waals surface area contributed by atoms with Gasteiger partial charge in [-0.3, -0.25) is 4.79 Å². The fourth-order valence-electron chi connectivity index (χ4n) is 1.56. The average Bonchev–Trinajstić information content (AvgIpc) is 2.49. The van der Waals surface area contributed by atoms with Crippen molar-refractivity contribution in [3.63, 3.8) is 0 Å². The quantitative estimate of drug-likeness (QED) is 0.714. The summed E-state index contributed by atoms with van der Waals surface area (Å²) < 4.78 is 15.0. The minimum Gasteiger partial charge on any atom is -0.340 e. The Morgan fingerprint density at radius 3 is 2.93 bits per heavy atom. The first-order valence-electron chi connectivity index (χ1n) is 4.41. The summed E-state index contributed by atoms with van der Waals surface area (Å²) in [6.07, 6.45) is 1.73. The molecule has 2 nitrogen and oxygen atoms in total. The van der Waals surface area contributed by atoms with Crippen molar-refractivity contribution in [3.8, 4) is 0 Å². The van der Waals surface area contributed by atoms with Crippen LogP contribution in [0.25, 0.3) is 10.9 Å². The topological polar surface area (TPSA) is 22.0 Å². The van der Waals surface area contributed by atoms with Crippen molar-refractivity contribution in [3.05, 3.63) is 36.3 Å². The Labute approximate surface area is 81.0 Å². The molecule has 14 heavy (non-hydrogen) atoms. The second-order valence-electron chi connectivity index (χ2n) is 3.32. The maximum atomic E-state index is 13.2. The molecular formula is C11H10FNO. The number of rotatable bonds is 2. The van der Waals surface area contributed by atoms with Crippen molar-refractivity contribution in [2.45, 2.75) is 13.5 Å². The summed E-state index contributed by atoms with van der Waals surface area (Å²) in [6.45, 7) is 1.82. The highest BCUT2D eigenvalue weighted by Crippen LogP contribution is 2.18. The van der Waals surface area contributed by atoms with Gasteiger partial charge in [-0.2, -0.15) is 0 Å². The number of benzene rings is 1. The molecule has 3 heteroatoms. The standard InChI is InChI=1S/C11H10FNO/c1-8(14)7-13-6-5-9-10(12)3-2-4-11(9)13/h2-6H,7H2,1H3. The van der Waals surface area contributed by atoms with E-state index < -0.39 is 0 Å². The summed E-state index contributed by atoms with van der Waals surface area (Å²) in [5.41, 5.74) is 0.764. The zero-order chi connectivity index (χ0) is 10.1. The SMILES string of the molecule is CC(=O)Cn1ccc2c(F)cccc21. The van der Waals surface area contributed by atoms with E-state index in [1.54, 1.807) is 29.0 Å². The summed E-state index contributed by atoms with van der Waals surface area (Å²) in [4.78, 5) is 10.9. The number of carbonyl (C=O) groups excluding carboxylic acids is 1. The van der Waals surface area contributed by atoms with Crippen LogP contribution in [0.15, 0.2) is 30.5 Å². The molecule has 0 radical (unpaired) electrons. The Kier molecular flexibility index (Phi) is 2.08. The van der Waals surface area contributed by atoms with Crippen LogP contribution >= 0.6 is 0 Å². The predicted octanol–water partition coefficient (Wildman–Crippen LogP) is 2.37. The second kappa shape index (κ2) is 3.25. The van der Waals surface area contributed by atoms with E-state index in [0.29, 0.717) is 11.9 Å². The lowest BCUT2D eigenvalue weighted by Crippen LogP contribution is -2.04. The van der Waals surface area contributed by atoms with E-state index >= 15 is 0 Å². The molecule has 1 heterocycles. The van der Waals surface area contributed by atoms with Crippen LogP contribution in [-0.2, 0) is 11.3 Å². The van der Waals surface area contributed by atoms with Gasteiger partial charge in [0.1, 0.15) is 11.6 Å². The number of halogens is 1. The lowest BCUT2D eigenvalue weighted by Gasteiger charge is -2.01. The lowest BCUT2D eigenvalue weighted by atomic mass is 10.2. The molecule has 0 aliphatic carbocycles. The van der Waals surface area contributed by atoms with E-state index in [1.807, 2.05) is 0 Å². The first kappa shape index (κ1) is 8.94. The molecule has 1 aromatic heterocycles. The number of hydrogen-bond donors (Lipinski definition) is 0. The number of hydrogen-bond acceptors (Lipinski definition) is 1. The van der Waals surface area contributed by atoms with Crippen LogP contribution in [0.3, 0.4) is 0 Å². The number of carbonyl (C=O) groups is 1. The Balaban J connectivity index is 2.58. The minimum absolute atomic E-state index is 0.0618. The molecule has 0 unspecified atom stereocenters. The van der Waals surface area contributed by atoms with E-state index in [2.05, 4.69) is 0 Å². The summed E-state index contributed by atoms with van der Waals surface area (Å²) in [5, 5.41) is 0.564. The van der Waals surface area contributed by atoms with Crippen molar-refractivity contribution in [1.29, 1.82) is 0 Å². The fraction of sp³-hybridized carbons (Fsp3) is 0.182. The van der Waals surface area contributed by atoms with E-state index in [-0.39, 0.29) is 11.6 Å². The number of ketones is 1. The van der Waals surface area contributed by atoms with Crippen molar-refractivity contribution >= 4 is 16.7 Å². The molecule has 0 aliphatic heterocycles. The number of nitrogens with zero attached hydrogens (tertiary/aromatic N) is 1. The predicted molar refractivity (Wildman–Crippen MR) is 52.6 cm³/mol. The zero-order valence-electron chi connectivity index (χ0n) is 7.83. The molecule has 0 N–H and O–H groups in total. The van der Waals surface area contributed by atoms with Crippen LogP contribution in [0.2, 0.25) is 0 Å². The van der Waals surface area contributed by atoms with Crippen LogP contribution in [0.4, 0.5) is 4.39 Å². The molecule has 0 saturated carbocycles. The van der Waals surface area contributed by atoms with Crippen molar-refractivity contribution in [2.75, 3.05) is 0 Å². The number of fused-ring (bicyclic) bond motifs is 1. The molecule has 2 aromatic rings. The van der Waals surface area contributed by atoms with Crippen molar-refractivity contribution in [2.24, 2.45) is 0 Å². The summed E-state index contributed by atoms with van der Waals surface area (Å²) in [7, 11) is 0. The highest BCUT2D eigenvalue weighted by molar-refractivity contribution is 5.83. The molecule has 0 aliphatic rings. The highest BCUT2D eigenvalue weighted by Gasteiger charge is 2.05. The molecule has 0 amide bonds. The normalized spacial score (nSPS) is 10.7. The van der Waals surface area contributed by atoms with Crippen LogP contribution < -0.4 is 0 Å². The van der Waals surface area contributed by atoms with Crippen LogP contribution in [0.5, 0.6) is 0 Å². The Bertz CT molecular complexity index is 487. The van der Waals surface area contributed by atoms with Gasteiger partial charge in [-0.15, -0.1) is 0 Å². The molecule has 2 rings (SSSR count). The van der Waals surface area contributed by atoms with E-state index in [0.717, 1.165) is 5.52 Å². The monoisotopic (exact) mass is 191 g/mol. The molecule has 0 atom stereocenters. The Hall–Kier alpha value is -1.64. The van der Waals surface area contributed by atoms with Crippen molar-refractivity contribution in [1.82, 2.24) is 4.57 Å². The molecule has 0 spiro atoms. The number of aromatic nitrogens is 1. The van der Waals surface area contributed by atoms with Gasteiger partial charge in [0.05, 0.1) is 12.1 Å². The molecule has 72 valence electrons. The molecule has 0 bridgehead atoms. The van der Waals surface area contributed by atoms with Gasteiger partial charge in [-0.1, -0.05) is 6.07 Å². The maximum absolute atomic E-state index is 13.2. The van der Waals surface area contributed by atoms with Crippen LogP contribution in [0, 0.1) is 5.82 Å². The van der Waals surface area contributed by atoms with E-state index in [4.69, 9.17) is 0 Å². The second-order valence-corrected chi connectivity index (χ2v) is 3.32. The largest absolute Gasteiger partial charge is 0.340 e. The Morgan fingerprint density at radius 1 is 1.43 bits per heavy atom. The first-order valence-corrected chi connectivity index (χ1v) is 4.41. The molecule has 0 fully saturated rings. The zero-order valence-corrected chi connectivity index (χ0v) is 7.83. The smallest absolute Gasteiger partial charge is 0.149 e. The van der Waals surface area contributed by atoms with Gasteiger partial charge < -0.3 is 4.57 Å². The number of Topliss-reactive ketones (excluding diaryl/α,β-unsaturated/α-hetero) is 1. The molecule has 1 aromatic carbocycles. The Morgan fingerprint density at radius 2 is 2.21 bits per heavy atom. The fourth-order valence-corrected chi connectivity index (χ4v) is 1.56. The third kappa shape index (κ3) is 1.41. The third-order valence-corrected chi connectivity index (χ3v) is 2.15. The third-order valence-electron chi connectivity index (χ3n) is 2.15. The van der Waals surface area contributed by atoms with E-state index in [9.17, 15) is 9.18 Å². The van der Waals surface area contributed by atoms with Gasteiger partial charge in [-0.05, 0) is 25.1 Å². The van der Waals surface area contributed by atoms with Crippen molar-refractivity contribution < 1.29 is 9.18 Å². The van der Waals surface area contributed by atoms with Gasteiger partial charge in [0.2, 0.25) is 0 Å². The van der Waals surface area contributed by atoms with Gasteiger partial charge in [0.25, 0.3) is 0 Å². The molecular weight excluding hydrogens is 181 g/mol. The van der Waals surface area contributed by atoms with Gasteiger partial charge in [0.15, 0.2) is 0 Å². The van der Waals surface area contributed by atoms with Crippen LogP contribution in [-0.4, -0.2) is 10.4 Å².